The highest BCUT2D eigenvalue weighted by Gasteiger charge is 2.40. The molecule has 19 heavy (non-hydrogen) atoms. The van der Waals surface area contributed by atoms with Crippen LogP contribution >= 0.6 is 0 Å². The van der Waals surface area contributed by atoms with Crippen LogP contribution in [0.15, 0.2) is 6.20 Å². The molecule has 0 spiro atoms. The lowest BCUT2D eigenvalue weighted by Crippen LogP contribution is -2.28. The van der Waals surface area contributed by atoms with Gasteiger partial charge in [0.1, 0.15) is 0 Å². The van der Waals surface area contributed by atoms with Gasteiger partial charge in [-0.3, -0.25) is 4.68 Å². The molecule has 2 saturated carbocycles. The van der Waals surface area contributed by atoms with Gasteiger partial charge in [-0.1, -0.05) is 18.6 Å². The lowest BCUT2D eigenvalue weighted by Gasteiger charge is -2.27. The third-order valence-electron chi connectivity index (χ3n) is 5.17. The molecule has 0 saturated heterocycles. The molecule has 2 fully saturated rings. The van der Waals surface area contributed by atoms with Crippen LogP contribution in [-0.4, -0.2) is 21.5 Å². The molecule has 2 aliphatic rings. The summed E-state index contributed by atoms with van der Waals surface area (Å²) in [7, 11) is 2.00. The molecule has 0 radical (unpaired) electrons. The summed E-state index contributed by atoms with van der Waals surface area (Å²) in [6.07, 6.45) is 10.3. The molecule has 4 heteroatoms. The number of rotatable bonds is 6. The highest BCUT2D eigenvalue weighted by atomic mass is 15.4. The molecule has 4 nitrogen and oxygen atoms in total. The van der Waals surface area contributed by atoms with Gasteiger partial charge in [-0.15, -0.1) is 5.10 Å². The van der Waals surface area contributed by atoms with Crippen molar-refractivity contribution in [3.8, 4) is 0 Å². The molecule has 1 heterocycles. The number of aryl methyl sites for hydroxylation is 1. The van der Waals surface area contributed by atoms with E-state index in [9.17, 15) is 0 Å². The van der Waals surface area contributed by atoms with E-state index in [0.29, 0.717) is 6.04 Å². The Balaban J connectivity index is 1.67. The first-order valence-corrected chi connectivity index (χ1v) is 7.86. The Kier molecular flexibility index (Phi) is 3.87. The Morgan fingerprint density at radius 1 is 1.42 bits per heavy atom. The quantitative estimate of drug-likeness (QED) is 0.857. The van der Waals surface area contributed by atoms with E-state index in [-0.39, 0.29) is 0 Å². The van der Waals surface area contributed by atoms with E-state index in [0.717, 1.165) is 24.3 Å². The smallest absolute Gasteiger partial charge is 0.0753 e. The predicted molar refractivity (Wildman–Crippen MR) is 75.6 cm³/mol. The van der Waals surface area contributed by atoms with E-state index in [4.69, 9.17) is 0 Å². The number of nitrogens with one attached hydrogen (secondary N) is 1. The van der Waals surface area contributed by atoms with Crippen molar-refractivity contribution in [1.82, 2.24) is 20.3 Å². The predicted octanol–water partition coefficient (Wildman–Crippen LogP) is 2.68. The van der Waals surface area contributed by atoms with Crippen molar-refractivity contribution in [2.75, 3.05) is 6.54 Å². The lowest BCUT2D eigenvalue weighted by molar-refractivity contribution is 0.274. The maximum atomic E-state index is 4.09. The summed E-state index contributed by atoms with van der Waals surface area (Å²) in [4.78, 5) is 0. The van der Waals surface area contributed by atoms with Crippen LogP contribution in [0.5, 0.6) is 0 Å². The fraction of sp³-hybridized carbons (Fsp3) is 0.867. The first-order valence-electron chi connectivity index (χ1n) is 7.86. The van der Waals surface area contributed by atoms with Crippen molar-refractivity contribution in [2.24, 2.45) is 24.8 Å². The molecule has 2 bridgehead atoms. The summed E-state index contributed by atoms with van der Waals surface area (Å²) in [6.45, 7) is 3.31. The molecular weight excluding hydrogens is 236 g/mol. The molecule has 1 N–H and O–H groups in total. The summed E-state index contributed by atoms with van der Waals surface area (Å²) in [5.74, 6) is 2.95. The highest BCUT2D eigenvalue weighted by Crippen LogP contribution is 2.50. The minimum atomic E-state index is 0.435. The first-order chi connectivity index (χ1) is 9.28. The number of hydrogen-bond donors (Lipinski definition) is 1. The molecule has 4 atom stereocenters. The zero-order chi connectivity index (χ0) is 13.2. The average Bonchev–Trinajstić information content (AvgIpc) is 3.10. The Hall–Kier alpha value is -0.900. The van der Waals surface area contributed by atoms with Crippen LogP contribution in [0.25, 0.3) is 0 Å². The third-order valence-corrected chi connectivity index (χ3v) is 5.17. The van der Waals surface area contributed by atoms with Gasteiger partial charge in [0.15, 0.2) is 0 Å². The van der Waals surface area contributed by atoms with Crippen LogP contribution in [0.2, 0.25) is 0 Å². The zero-order valence-corrected chi connectivity index (χ0v) is 12.2. The van der Waals surface area contributed by atoms with Gasteiger partial charge in [0, 0.05) is 7.05 Å². The van der Waals surface area contributed by atoms with Crippen molar-refractivity contribution >= 4 is 0 Å². The minimum absolute atomic E-state index is 0.435. The molecule has 1 aromatic heterocycles. The number of hydrogen-bond acceptors (Lipinski definition) is 3. The second kappa shape index (κ2) is 5.61. The largest absolute Gasteiger partial charge is 0.309 e. The van der Waals surface area contributed by atoms with Gasteiger partial charge in [0.2, 0.25) is 0 Å². The summed E-state index contributed by atoms with van der Waals surface area (Å²) in [6, 6.07) is 0.435. The summed E-state index contributed by atoms with van der Waals surface area (Å²) in [5.41, 5.74) is 1.25. The maximum Gasteiger partial charge on any atom is 0.0753 e. The lowest BCUT2D eigenvalue weighted by atomic mass is 9.83. The van der Waals surface area contributed by atoms with Gasteiger partial charge in [0.05, 0.1) is 17.9 Å². The molecule has 0 aromatic carbocycles. The summed E-state index contributed by atoms with van der Waals surface area (Å²) >= 11 is 0. The maximum absolute atomic E-state index is 4.09. The van der Waals surface area contributed by atoms with Gasteiger partial charge in [0.25, 0.3) is 0 Å². The van der Waals surface area contributed by atoms with E-state index >= 15 is 0 Å². The second-order valence-corrected chi connectivity index (χ2v) is 6.46. The molecular formula is C15H26N4. The molecule has 2 aliphatic carbocycles. The Bertz CT molecular complexity index is 414. The van der Waals surface area contributed by atoms with Crippen LogP contribution < -0.4 is 5.32 Å². The fourth-order valence-corrected chi connectivity index (χ4v) is 4.21. The van der Waals surface area contributed by atoms with Crippen LogP contribution in [0.3, 0.4) is 0 Å². The monoisotopic (exact) mass is 262 g/mol. The van der Waals surface area contributed by atoms with Crippen molar-refractivity contribution in [3.05, 3.63) is 11.9 Å². The van der Waals surface area contributed by atoms with Crippen LogP contribution in [-0.2, 0) is 7.05 Å². The highest BCUT2D eigenvalue weighted by molar-refractivity contribution is 5.04. The fourth-order valence-electron chi connectivity index (χ4n) is 4.21. The van der Waals surface area contributed by atoms with E-state index in [1.165, 1.54) is 44.2 Å². The Morgan fingerprint density at radius 3 is 2.89 bits per heavy atom. The minimum Gasteiger partial charge on any atom is -0.309 e. The van der Waals surface area contributed by atoms with E-state index in [1.807, 2.05) is 17.9 Å². The zero-order valence-electron chi connectivity index (χ0n) is 12.2. The number of fused-ring (bicyclic) bond motifs is 2. The van der Waals surface area contributed by atoms with Gasteiger partial charge in [-0.05, 0) is 56.4 Å². The van der Waals surface area contributed by atoms with Gasteiger partial charge in [-0.2, -0.15) is 0 Å². The second-order valence-electron chi connectivity index (χ2n) is 6.46. The number of aromatic nitrogens is 3. The van der Waals surface area contributed by atoms with Gasteiger partial charge in [-0.25, -0.2) is 0 Å². The Labute approximate surface area is 116 Å². The molecule has 106 valence electrons. The van der Waals surface area contributed by atoms with Gasteiger partial charge < -0.3 is 5.32 Å². The van der Waals surface area contributed by atoms with Crippen LogP contribution in [0.4, 0.5) is 0 Å². The first kappa shape index (κ1) is 13.1. The topological polar surface area (TPSA) is 42.7 Å². The Morgan fingerprint density at radius 2 is 2.32 bits per heavy atom. The van der Waals surface area contributed by atoms with Crippen molar-refractivity contribution < 1.29 is 0 Å². The number of nitrogens with zero attached hydrogens (tertiary/aromatic N) is 3. The van der Waals surface area contributed by atoms with E-state index in [2.05, 4.69) is 22.6 Å². The average molecular weight is 262 g/mol. The van der Waals surface area contributed by atoms with Crippen LogP contribution in [0, 0.1) is 17.8 Å². The SMILES string of the molecule is CCCNC(CC1CC2CCC1C2)c1cnnn1C. The normalized spacial score (nSPS) is 30.9. The van der Waals surface area contributed by atoms with Gasteiger partial charge >= 0.3 is 0 Å². The molecule has 0 amide bonds. The van der Waals surface area contributed by atoms with E-state index < -0.39 is 0 Å². The summed E-state index contributed by atoms with van der Waals surface area (Å²) in [5, 5.41) is 11.8. The van der Waals surface area contributed by atoms with Crippen molar-refractivity contribution in [2.45, 2.75) is 51.5 Å². The molecule has 1 aromatic rings. The summed E-state index contributed by atoms with van der Waals surface area (Å²) < 4.78 is 1.93. The standard InChI is InChI=1S/C15H26N4/c1-3-6-16-14(15-10-17-18-19(15)2)9-13-8-11-4-5-12(13)7-11/h10-14,16H,3-9H2,1-2H3. The molecule has 4 unspecified atom stereocenters. The molecule has 0 aliphatic heterocycles. The van der Waals surface area contributed by atoms with Crippen molar-refractivity contribution in [3.63, 3.8) is 0 Å². The van der Waals surface area contributed by atoms with E-state index in [1.54, 1.807) is 0 Å². The third kappa shape index (κ3) is 2.69. The van der Waals surface area contributed by atoms with Crippen LogP contribution in [0.1, 0.15) is 57.2 Å². The van der Waals surface area contributed by atoms with Crippen molar-refractivity contribution in [1.29, 1.82) is 0 Å². The molecule has 3 rings (SSSR count).